The molecule has 0 bridgehead atoms. The van der Waals surface area contributed by atoms with Crippen molar-refractivity contribution >= 4 is 0 Å². The van der Waals surface area contributed by atoms with E-state index >= 15 is 0 Å². The third-order valence-corrected chi connectivity index (χ3v) is 3.49. The lowest BCUT2D eigenvalue weighted by atomic mass is 10.1. The van der Waals surface area contributed by atoms with Gasteiger partial charge in [-0.3, -0.25) is 0 Å². The number of ether oxygens (including phenoxy) is 1. The summed E-state index contributed by atoms with van der Waals surface area (Å²) in [7, 11) is 2.06. The van der Waals surface area contributed by atoms with Gasteiger partial charge in [-0.1, -0.05) is 6.07 Å². The average molecular weight is 235 g/mol. The van der Waals surface area contributed by atoms with Crippen LogP contribution in [0, 0.1) is 13.8 Å². The summed E-state index contributed by atoms with van der Waals surface area (Å²) in [6, 6.07) is 6.07. The first-order valence-electron chi connectivity index (χ1n) is 6.17. The smallest absolute Gasteiger partial charge is 0.137 e. The van der Waals surface area contributed by atoms with Gasteiger partial charge in [0.2, 0.25) is 0 Å². The van der Waals surface area contributed by atoms with E-state index in [1.165, 1.54) is 11.1 Å². The van der Waals surface area contributed by atoms with Crippen LogP contribution in [-0.2, 0) is 0 Å². The second-order valence-electron chi connectivity index (χ2n) is 5.02. The Morgan fingerprint density at radius 3 is 2.76 bits per heavy atom. The molecule has 0 saturated carbocycles. The summed E-state index contributed by atoms with van der Waals surface area (Å²) < 4.78 is 5.88. The number of aryl methyl sites for hydroxylation is 2. The molecule has 0 radical (unpaired) electrons. The largest absolute Gasteiger partial charge is 0.486 e. The van der Waals surface area contributed by atoms with Gasteiger partial charge in [-0.15, -0.1) is 0 Å². The van der Waals surface area contributed by atoms with Crippen LogP contribution in [0.2, 0.25) is 0 Å². The number of nitrogens with zero attached hydrogens (tertiary/aromatic N) is 1. The van der Waals surface area contributed by atoms with E-state index in [4.69, 9.17) is 4.74 Å². The average Bonchev–Trinajstić information content (AvgIpc) is 2.29. The summed E-state index contributed by atoms with van der Waals surface area (Å²) in [4.78, 5) is 2.19. The van der Waals surface area contributed by atoms with Crippen molar-refractivity contribution in [3.8, 4) is 5.75 Å². The number of hydrogen-bond donors (Lipinski definition) is 1. The van der Waals surface area contributed by atoms with E-state index in [0.29, 0.717) is 0 Å². The van der Waals surface area contributed by atoms with Gasteiger partial charge in [0.15, 0.2) is 0 Å². The molecule has 0 aliphatic carbocycles. The molecule has 2 rings (SSSR count). The lowest BCUT2D eigenvalue weighted by molar-refractivity contribution is -0.0176. The molecule has 1 aliphatic heterocycles. The van der Waals surface area contributed by atoms with Crippen molar-refractivity contribution in [2.45, 2.75) is 32.5 Å². The van der Waals surface area contributed by atoms with Crippen LogP contribution >= 0.6 is 0 Å². The highest BCUT2D eigenvalue weighted by atomic mass is 16.5. The number of aliphatic hydroxyl groups excluding tert-OH is 1. The standard InChI is InChI=1S/C14H21NO2/c1-10-4-5-12(8-11(10)2)17-14-9-15(3)7-6-13(14)16/h4-5,8,13-14,16H,6-7,9H2,1-3H3. The van der Waals surface area contributed by atoms with E-state index in [9.17, 15) is 5.11 Å². The minimum Gasteiger partial charge on any atom is -0.486 e. The van der Waals surface area contributed by atoms with Gasteiger partial charge in [0.1, 0.15) is 11.9 Å². The number of piperidine rings is 1. The first kappa shape index (κ1) is 12.4. The van der Waals surface area contributed by atoms with Crippen LogP contribution in [0.15, 0.2) is 18.2 Å². The van der Waals surface area contributed by atoms with E-state index in [2.05, 4.69) is 31.9 Å². The fourth-order valence-electron chi connectivity index (χ4n) is 2.14. The van der Waals surface area contributed by atoms with Crippen molar-refractivity contribution in [1.82, 2.24) is 4.90 Å². The molecule has 1 N–H and O–H groups in total. The molecule has 1 heterocycles. The zero-order chi connectivity index (χ0) is 12.4. The molecule has 0 spiro atoms. The summed E-state index contributed by atoms with van der Waals surface area (Å²) in [6.45, 7) is 5.88. The van der Waals surface area contributed by atoms with Crippen molar-refractivity contribution in [2.75, 3.05) is 20.1 Å². The Bertz CT molecular complexity index is 392. The molecule has 1 aliphatic rings. The summed E-state index contributed by atoms with van der Waals surface area (Å²) >= 11 is 0. The van der Waals surface area contributed by atoms with Crippen molar-refractivity contribution in [1.29, 1.82) is 0 Å². The van der Waals surface area contributed by atoms with Crippen molar-refractivity contribution in [3.63, 3.8) is 0 Å². The number of hydrogen-bond acceptors (Lipinski definition) is 3. The highest BCUT2D eigenvalue weighted by molar-refractivity contribution is 5.34. The SMILES string of the molecule is Cc1ccc(OC2CN(C)CCC2O)cc1C. The Kier molecular flexibility index (Phi) is 3.69. The van der Waals surface area contributed by atoms with E-state index in [1.54, 1.807) is 0 Å². The second-order valence-corrected chi connectivity index (χ2v) is 5.02. The third kappa shape index (κ3) is 2.99. The van der Waals surface area contributed by atoms with E-state index < -0.39 is 0 Å². The molecule has 1 fully saturated rings. The molecule has 2 atom stereocenters. The minimum absolute atomic E-state index is 0.115. The van der Waals surface area contributed by atoms with Crippen LogP contribution in [0.3, 0.4) is 0 Å². The Labute approximate surface area is 103 Å². The minimum atomic E-state index is -0.354. The molecule has 3 nitrogen and oxygen atoms in total. The molecule has 94 valence electrons. The van der Waals surface area contributed by atoms with Crippen LogP contribution in [0.4, 0.5) is 0 Å². The molecule has 0 amide bonds. The van der Waals surface area contributed by atoms with Crippen LogP contribution in [0.1, 0.15) is 17.5 Å². The normalized spacial score (nSPS) is 25.9. The molecule has 3 heteroatoms. The van der Waals surface area contributed by atoms with Crippen LogP contribution in [0.25, 0.3) is 0 Å². The highest BCUT2D eigenvalue weighted by Gasteiger charge is 2.27. The third-order valence-electron chi connectivity index (χ3n) is 3.49. The van der Waals surface area contributed by atoms with Gasteiger partial charge in [0, 0.05) is 13.1 Å². The molecule has 2 unspecified atom stereocenters. The lowest BCUT2D eigenvalue weighted by Crippen LogP contribution is -2.47. The topological polar surface area (TPSA) is 32.7 Å². The van der Waals surface area contributed by atoms with Crippen molar-refractivity contribution in [2.24, 2.45) is 0 Å². The molecule has 1 aromatic carbocycles. The maximum atomic E-state index is 9.92. The van der Waals surface area contributed by atoms with Gasteiger partial charge in [0.25, 0.3) is 0 Å². The first-order valence-corrected chi connectivity index (χ1v) is 6.17. The van der Waals surface area contributed by atoms with Crippen LogP contribution in [0.5, 0.6) is 5.75 Å². The summed E-state index contributed by atoms with van der Waals surface area (Å²) in [6.07, 6.45) is 0.315. The second kappa shape index (κ2) is 5.07. The quantitative estimate of drug-likeness (QED) is 0.847. The van der Waals surface area contributed by atoms with Gasteiger partial charge in [-0.25, -0.2) is 0 Å². The number of aliphatic hydroxyl groups is 1. The summed E-state index contributed by atoms with van der Waals surface area (Å²) in [5, 5.41) is 9.92. The zero-order valence-corrected chi connectivity index (χ0v) is 10.8. The maximum absolute atomic E-state index is 9.92. The van der Waals surface area contributed by atoms with Gasteiger partial charge < -0.3 is 14.7 Å². The Morgan fingerprint density at radius 1 is 1.29 bits per heavy atom. The first-order chi connectivity index (χ1) is 8.06. The fraction of sp³-hybridized carbons (Fsp3) is 0.571. The van der Waals surface area contributed by atoms with E-state index in [-0.39, 0.29) is 12.2 Å². The molecule has 1 aromatic rings. The number of likely N-dealkylation sites (N-methyl/N-ethyl adjacent to an activating group) is 1. The Morgan fingerprint density at radius 2 is 2.06 bits per heavy atom. The zero-order valence-electron chi connectivity index (χ0n) is 10.8. The van der Waals surface area contributed by atoms with Gasteiger partial charge in [-0.05, 0) is 50.6 Å². The monoisotopic (exact) mass is 235 g/mol. The van der Waals surface area contributed by atoms with Crippen LogP contribution in [-0.4, -0.2) is 42.4 Å². The maximum Gasteiger partial charge on any atom is 0.137 e. The predicted molar refractivity (Wildman–Crippen MR) is 68.5 cm³/mol. The van der Waals surface area contributed by atoms with Crippen molar-refractivity contribution in [3.05, 3.63) is 29.3 Å². The summed E-state index contributed by atoms with van der Waals surface area (Å²) in [5.41, 5.74) is 2.49. The number of rotatable bonds is 2. The van der Waals surface area contributed by atoms with Crippen LogP contribution < -0.4 is 4.74 Å². The van der Waals surface area contributed by atoms with E-state index in [1.807, 2.05) is 12.1 Å². The predicted octanol–water partition coefficient (Wildman–Crippen LogP) is 1.75. The highest BCUT2D eigenvalue weighted by Crippen LogP contribution is 2.21. The Hall–Kier alpha value is -1.06. The lowest BCUT2D eigenvalue weighted by Gasteiger charge is -2.34. The van der Waals surface area contributed by atoms with Crippen molar-refractivity contribution < 1.29 is 9.84 Å². The summed E-state index contributed by atoms with van der Waals surface area (Å²) in [5.74, 6) is 0.854. The number of benzene rings is 1. The molecule has 17 heavy (non-hydrogen) atoms. The van der Waals surface area contributed by atoms with Gasteiger partial charge in [-0.2, -0.15) is 0 Å². The molecular formula is C14H21NO2. The molecule has 0 aromatic heterocycles. The van der Waals surface area contributed by atoms with Gasteiger partial charge >= 0.3 is 0 Å². The van der Waals surface area contributed by atoms with E-state index in [0.717, 1.165) is 25.3 Å². The molecular weight excluding hydrogens is 214 g/mol. The number of likely N-dealkylation sites (tertiary alicyclic amines) is 1. The fourth-order valence-corrected chi connectivity index (χ4v) is 2.14. The van der Waals surface area contributed by atoms with Gasteiger partial charge in [0.05, 0.1) is 6.10 Å². The Balaban J connectivity index is 2.06. The molecule has 1 saturated heterocycles.